The predicted molar refractivity (Wildman–Crippen MR) is 107 cm³/mol. The van der Waals surface area contributed by atoms with Crippen LogP contribution >= 0.6 is 0 Å². The van der Waals surface area contributed by atoms with E-state index in [0.29, 0.717) is 75.1 Å². The van der Waals surface area contributed by atoms with Gasteiger partial charge in [0.2, 0.25) is 0 Å². The summed E-state index contributed by atoms with van der Waals surface area (Å²) in [4.78, 5) is 27.5. The lowest BCUT2D eigenvalue weighted by atomic mass is 10.2. The van der Waals surface area contributed by atoms with Crippen molar-refractivity contribution in [3.8, 4) is 0 Å². The van der Waals surface area contributed by atoms with E-state index in [2.05, 4.69) is 20.0 Å². The van der Waals surface area contributed by atoms with Crippen LogP contribution in [0.5, 0.6) is 0 Å². The van der Waals surface area contributed by atoms with E-state index in [-0.39, 0.29) is 17.4 Å². The molecule has 0 bridgehead atoms. The number of nitrogens with zero attached hydrogens (tertiary/aromatic N) is 6. The molecule has 1 aromatic carbocycles. The number of piperazine rings is 1. The van der Waals surface area contributed by atoms with Crippen molar-refractivity contribution >= 4 is 28.5 Å². The van der Waals surface area contributed by atoms with Crippen molar-refractivity contribution in [3.63, 3.8) is 0 Å². The van der Waals surface area contributed by atoms with Crippen LogP contribution in [-0.4, -0.2) is 78.4 Å². The first-order valence-corrected chi connectivity index (χ1v) is 9.94. The summed E-state index contributed by atoms with van der Waals surface area (Å²) in [7, 11) is 0. The first-order chi connectivity index (χ1) is 14.7. The normalized spacial score (nSPS) is 17.6. The Morgan fingerprint density at radius 1 is 0.967 bits per heavy atom. The van der Waals surface area contributed by atoms with E-state index in [9.17, 15) is 9.18 Å². The van der Waals surface area contributed by atoms with Crippen LogP contribution in [0.2, 0.25) is 0 Å². The fraction of sp³-hybridized carbons (Fsp3) is 0.400. The predicted octanol–water partition coefficient (Wildman–Crippen LogP) is 1.56. The van der Waals surface area contributed by atoms with E-state index < -0.39 is 0 Å². The maximum absolute atomic E-state index is 14.1. The van der Waals surface area contributed by atoms with Crippen molar-refractivity contribution in [2.24, 2.45) is 0 Å². The van der Waals surface area contributed by atoms with Gasteiger partial charge in [-0.1, -0.05) is 17.3 Å². The number of aromatic nitrogens is 3. The highest BCUT2D eigenvalue weighted by Crippen LogP contribution is 2.28. The molecule has 2 aromatic heterocycles. The quantitative estimate of drug-likeness (QED) is 0.641. The van der Waals surface area contributed by atoms with Gasteiger partial charge in [0, 0.05) is 39.3 Å². The molecule has 2 aliphatic heterocycles. The van der Waals surface area contributed by atoms with Crippen molar-refractivity contribution in [3.05, 3.63) is 42.1 Å². The van der Waals surface area contributed by atoms with E-state index in [1.807, 2.05) is 11.0 Å². The Hall–Kier alpha value is -3.27. The molecule has 2 fully saturated rings. The lowest BCUT2D eigenvalue weighted by molar-refractivity contribution is 0.0738. The van der Waals surface area contributed by atoms with Gasteiger partial charge in [0.05, 0.1) is 18.9 Å². The summed E-state index contributed by atoms with van der Waals surface area (Å²) in [6, 6.07) is 6.68. The van der Waals surface area contributed by atoms with Gasteiger partial charge >= 0.3 is 0 Å². The number of amides is 1. The first kappa shape index (κ1) is 18.7. The van der Waals surface area contributed by atoms with Gasteiger partial charge in [0.25, 0.3) is 11.6 Å². The number of fused-ring (bicyclic) bond motifs is 1. The Morgan fingerprint density at radius 3 is 2.50 bits per heavy atom. The Bertz CT molecular complexity index is 1060. The second kappa shape index (κ2) is 7.86. The van der Waals surface area contributed by atoms with Gasteiger partial charge in [-0.3, -0.25) is 4.79 Å². The summed E-state index contributed by atoms with van der Waals surface area (Å²) in [5, 5.41) is 4.55. The SMILES string of the molecule is O=C(c1noc2ncnc(N3CCOCC3)c12)N1CCN(c2ccccc2F)CC1. The van der Waals surface area contributed by atoms with Crippen LogP contribution in [0.25, 0.3) is 11.1 Å². The van der Waals surface area contributed by atoms with Crippen LogP contribution in [0.1, 0.15) is 10.5 Å². The molecule has 0 aliphatic carbocycles. The zero-order valence-electron chi connectivity index (χ0n) is 16.3. The summed E-state index contributed by atoms with van der Waals surface area (Å²) in [5.74, 6) is 0.149. The zero-order valence-corrected chi connectivity index (χ0v) is 16.3. The van der Waals surface area contributed by atoms with Gasteiger partial charge in [0.1, 0.15) is 23.3 Å². The summed E-state index contributed by atoms with van der Waals surface area (Å²) >= 11 is 0. The van der Waals surface area contributed by atoms with Crippen LogP contribution in [-0.2, 0) is 4.74 Å². The molecule has 10 heteroatoms. The van der Waals surface area contributed by atoms with Gasteiger partial charge < -0.3 is 24.0 Å². The lowest BCUT2D eigenvalue weighted by Crippen LogP contribution is -2.49. The summed E-state index contributed by atoms with van der Waals surface area (Å²) in [6.07, 6.45) is 1.42. The highest BCUT2D eigenvalue weighted by Gasteiger charge is 2.30. The average Bonchev–Trinajstić information content (AvgIpc) is 3.24. The molecule has 3 aromatic rings. The van der Waals surface area contributed by atoms with Gasteiger partial charge in [0.15, 0.2) is 5.69 Å². The van der Waals surface area contributed by atoms with Crippen LogP contribution in [0, 0.1) is 5.82 Å². The van der Waals surface area contributed by atoms with Crippen molar-refractivity contribution < 1.29 is 18.4 Å². The number of rotatable bonds is 3. The van der Waals surface area contributed by atoms with E-state index in [4.69, 9.17) is 9.26 Å². The van der Waals surface area contributed by atoms with Crippen molar-refractivity contribution in [2.45, 2.75) is 0 Å². The molecule has 0 spiro atoms. The Balaban J connectivity index is 1.37. The van der Waals surface area contributed by atoms with Crippen LogP contribution in [0.4, 0.5) is 15.9 Å². The third kappa shape index (κ3) is 3.32. The number of carbonyl (C=O) groups excluding carboxylic acids is 1. The topological polar surface area (TPSA) is 87.8 Å². The van der Waals surface area contributed by atoms with Crippen molar-refractivity contribution in [1.82, 2.24) is 20.0 Å². The highest BCUT2D eigenvalue weighted by molar-refractivity contribution is 6.07. The number of ether oxygens (including phenoxy) is 1. The number of anilines is 2. The molecule has 5 rings (SSSR count). The summed E-state index contributed by atoms with van der Waals surface area (Å²) in [6.45, 7) is 4.53. The standard InChI is InChI=1S/C20H21FN6O3/c21-14-3-1-2-4-15(14)25-5-7-27(8-6-25)20(28)17-16-18(26-9-11-29-12-10-26)22-13-23-19(16)30-24-17/h1-4,13H,5-12H2. The van der Waals surface area contributed by atoms with Gasteiger partial charge in [-0.05, 0) is 12.1 Å². The first-order valence-electron chi connectivity index (χ1n) is 9.94. The zero-order chi connectivity index (χ0) is 20.5. The molecule has 1 amide bonds. The number of morpholine rings is 1. The number of benzene rings is 1. The van der Waals surface area contributed by atoms with E-state index in [0.717, 1.165) is 0 Å². The minimum atomic E-state index is -0.257. The Morgan fingerprint density at radius 2 is 1.73 bits per heavy atom. The van der Waals surface area contributed by atoms with Gasteiger partial charge in [-0.2, -0.15) is 4.98 Å². The smallest absolute Gasteiger partial charge is 0.277 e. The molecule has 156 valence electrons. The average molecular weight is 412 g/mol. The second-order valence-electron chi connectivity index (χ2n) is 7.24. The third-order valence-electron chi connectivity index (χ3n) is 5.53. The molecular weight excluding hydrogens is 391 g/mol. The lowest BCUT2D eigenvalue weighted by Gasteiger charge is -2.36. The number of hydrogen-bond acceptors (Lipinski definition) is 8. The van der Waals surface area contributed by atoms with Crippen LogP contribution in [0.15, 0.2) is 35.1 Å². The Kier molecular flexibility index (Phi) is 4.91. The molecule has 4 heterocycles. The molecule has 0 radical (unpaired) electrons. The van der Waals surface area contributed by atoms with E-state index >= 15 is 0 Å². The molecule has 2 saturated heterocycles. The molecule has 30 heavy (non-hydrogen) atoms. The van der Waals surface area contributed by atoms with Crippen molar-refractivity contribution in [1.29, 1.82) is 0 Å². The highest BCUT2D eigenvalue weighted by atomic mass is 19.1. The minimum absolute atomic E-state index is 0.214. The van der Waals surface area contributed by atoms with E-state index in [1.165, 1.54) is 12.4 Å². The molecular formula is C20H21FN6O3. The number of carbonyl (C=O) groups is 1. The molecule has 0 saturated carbocycles. The van der Waals surface area contributed by atoms with E-state index in [1.54, 1.807) is 17.0 Å². The van der Waals surface area contributed by atoms with Crippen LogP contribution < -0.4 is 9.80 Å². The molecule has 0 unspecified atom stereocenters. The maximum atomic E-state index is 14.1. The van der Waals surface area contributed by atoms with Gasteiger partial charge in [-0.25, -0.2) is 9.37 Å². The van der Waals surface area contributed by atoms with Crippen LogP contribution in [0.3, 0.4) is 0 Å². The molecule has 9 nitrogen and oxygen atoms in total. The summed E-state index contributed by atoms with van der Waals surface area (Å²) < 4.78 is 24.8. The number of para-hydroxylation sites is 1. The monoisotopic (exact) mass is 412 g/mol. The maximum Gasteiger partial charge on any atom is 0.277 e. The largest absolute Gasteiger partial charge is 0.378 e. The molecule has 0 N–H and O–H groups in total. The van der Waals surface area contributed by atoms with Gasteiger partial charge in [-0.15, -0.1) is 0 Å². The second-order valence-corrected chi connectivity index (χ2v) is 7.24. The summed E-state index contributed by atoms with van der Waals surface area (Å²) in [5.41, 5.74) is 1.06. The van der Waals surface area contributed by atoms with Crippen molar-refractivity contribution in [2.75, 3.05) is 62.3 Å². The molecule has 0 atom stereocenters. The Labute approximate surface area is 172 Å². The number of halogens is 1. The molecule has 2 aliphatic rings. The fourth-order valence-corrected chi connectivity index (χ4v) is 3.94. The minimum Gasteiger partial charge on any atom is -0.378 e. The number of hydrogen-bond donors (Lipinski definition) is 0. The fourth-order valence-electron chi connectivity index (χ4n) is 3.94. The third-order valence-corrected chi connectivity index (χ3v) is 5.53.